The Balaban J connectivity index is 1.47. The summed E-state index contributed by atoms with van der Waals surface area (Å²) >= 11 is 0. The second-order valence-electron chi connectivity index (χ2n) is 8.49. The highest BCUT2D eigenvalue weighted by Gasteiger charge is 2.34. The van der Waals surface area contributed by atoms with Crippen molar-refractivity contribution in [1.29, 1.82) is 0 Å². The second-order valence-corrected chi connectivity index (χ2v) is 8.49. The topological polar surface area (TPSA) is 50.6 Å². The average Bonchev–Trinajstić information content (AvgIpc) is 3.13. The standard InChI is InChI=1S/C23H32N4O2/c1-25-17-24-13-20(25)15-27-12-11-21-19(14-27)9-4-3-7-18-8-5-6-10-22(18)29-16-23(28)26(21)2/h5-6,8,10,13,17,19,21H,3-4,7,9,11-12,14-16H2,1-2H3/t19-,21+/m0/s1. The molecule has 6 heteroatoms. The Morgan fingerprint density at radius 3 is 2.86 bits per heavy atom. The molecule has 6 nitrogen and oxygen atoms in total. The van der Waals surface area contributed by atoms with Crippen LogP contribution in [0.15, 0.2) is 36.8 Å². The summed E-state index contributed by atoms with van der Waals surface area (Å²) in [7, 11) is 4.01. The molecule has 1 aromatic heterocycles. The number of carbonyl (C=O) groups excluding carboxylic acids is 1. The van der Waals surface area contributed by atoms with Crippen molar-refractivity contribution < 1.29 is 9.53 Å². The molecule has 2 aromatic rings. The number of likely N-dealkylation sites (tertiary alicyclic amines) is 1. The minimum Gasteiger partial charge on any atom is -0.483 e. The van der Waals surface area contributed by atoms with E-state index in [1.54, 1.807) is 0 Å². The predicted molar refractivity (Wildman–Crippen MR) is 113 cm³/mol. The van der Waals surface area contributed by atoms with E-state index in [9.17, 15) is 4.79 Å². The molecule has 4 rings (SSSR count). The van der Waals surface area contributed by atoms with Crippen LogP contribution in [0.5, 0.6) is 5.75 Å². The number of benzene rings is 1. The molecule has 2 aliphatic rings. The Bertz CT molecular complexity index is 834. The van der Waals surface area contributed by atoms with Crippen LogP contribution in [0, 0.1) is 5.92 Å². The number of carbonyl (C=O) groups is 1. The first-order chi connectivity index (χ1) is 14.1. The fourth-order valence-electron chi connectivity index (χ4n) is 4.80. The smallest absolute Gasteiger partial charge is 0.260 e. The van der Waals surface area contributed by atoms with Crippen molar-refractivity contribution in [2.24, 2.45) is 13.0 Å². The summed E-state index contributed by atoms with van der Waals surface area (Å²) in [5, 5.41) is 0. The highest BCUT2D eigenvalue weighted by molar-refractivity contribution is 5.78. The first kappa shape index (κ1) is 20.0. The van der Waals surface area contributed by atoms with Crippen LogP contribution in [0.2, 0.25) is 0 Å². The van der Waals surface area contributed by atoms with Crippen molar-refractivity contribution in [2.45, 2.75) is 44.7 Å². The second kappa shape index (κ2) is 8.99. The maximum absolute atomic E-state index is 12.9. The van der Waals surface area contributed by atoms with Gasteiger partial charge in [0.1, 0.15) is 5.75 Å². The van der Waals surface area contributed by atoms with Gasteiger partial charge in [-0.15, -0.1) is 0 Å². The van der Waals surface area contributed by atoms with Gasteiger partial charge in [-0.25, -0.2) is 4.98 Å². The maximum atomic E-state index is 12.9. The van der Waals surface area contributed by atoms with Crippen molar-refractivity contribution in [1.82, 2.24) is 19.4 Å². The van der Waals surface area contributed by atoms with Gasteiger partial charge >= 0.3 is 0 Å². The zero-order valence-electron chi connectivity index (χ0n) is 17.6. The fourth-order valence-corrected chi connectivity index (χ4v) is 4.80. The summed E-state index contributed by atoms with van der Waals surface area (Å²) in [5.74, 6) is 1.44. The molecular formula is C23H32N4O2. The lowest BCUT2D eigenvalue weighted by Gasteiger charge is -2.43. The Hall–Kier alpha value is -2.34. The van der Waals surface area contributed by atoms with E-state index in [0.29, 0.717) is 12.0 Å². The third-order valence-electron chi connectivity index (χ3n) is 6.57. The van der Waals surface area contributed by atoms with Gasteiger partial charge in [0.25, 0.3) is 5.91 Å². The van der Waals surface area contributed by atoms with Gasteiger partial charge in [-0.1, -0.05) is 24.6 Å². The van der Waals surface area contributed by atoms with Crippen LogP contribution in [0.25, 0.3) is 0 Å². The summed E-state index contributed by atoms with van der Waals surface area (Å²) in [6.07, 6.45) is 9.34. The van der Waals surface area contributed by atoms with Gasteiger partial charge in [-0.05, 0) is 43.2 Å². The molecule has 2 atom stereocenters. The van der Waals surface area contributed by atoms with Gasteiger partial charge in [0.15, 0.2) is 6.61 Å². The fraction of sp³-hybridized carbons (Fsp3) is 0.565. The quantitative estimate of drug-likeness (QED) is 0.783. The van der Waals surface area contributed by atoms with E-state index < -0.39 is 0 Å². The van der Waals surface area contributed by atoms with Crippen LogP contribution in [0.3, 0.4) is 0 Å². The maximum Gasteiger partial charge on any atom is 0.260 e. The van der Waals surface area contributed by atoms with E-state index in [-0.39, 0.29) is 12.5 Å². The van der Waals surface area contributed by atoms with Gasteiger partial charge in [0.05, 0.1) is 12.0 Å². The molecular weight excluding hydrogens is 364 g/mol. The van der Waals surface area contributed by atoms with Crippen LogP contribution in [-0.4, -0.2) is 58.0 Å². The minimum atomic E-state index is 0.0791. The number of ether oxygens (including phenoxy) is 1. The van der Waals surface area contributed by atoms with Crippen molar-refractivity contribution >= 4 is 5.91 Å². The van der Waals surface area contributed by atoms with Crippen LogP contribution in [0.4, 0.5) is 0 Å². The van der Waals surface area contributed by atoms with E-state index in [4.69, 9.17) is 4.74 Å². The number of aromatic nitrogens is 2. The minimum absolute atomic E-state index is 0.0791. The molecule has 1 fully saturated rings. The average molecular weight is 397 g/mol. The molecule has 3 heterocycles. The summed E-state index contributed by atoms with van der Waals surface area (Å²) in [6.45, 7) is 3.09. The third kappa shape index (κ3) is 4.64. The molecule has 29 heavy (non-hydrogen) atoms. The van der Waals surface area contributed by atoms with Crippen LogP contribution in [-0.2, 0) is 24.8 Å². The van der Waals surface area contributed by atoms with Gasteiger partial charge in [0.2, 0.25) is 0 Å². The lowest BCUT2D eigenvalue weighted by Crippen LogP contribution is -2.52. The summed E-state index contributed by atoms with van der Waals surface area (Å²) in [4.78, 5) is 21.6. The number of fused-ring (bicyclic) bond motifs is 2. The molecule has 1 amide bonds. The zero-order chi connectivity index (χ0) is 20.2. The van der Waals surface area contributed by atoms with Gasteiger partial charge in [-0.3, -0.25) is 9.69 Å². The highest BCUT2D eigenvalue weighted by Crippen LogP contribution is 2.29. The van der Waals surface area contributed by atoms with E-state index in [1.165, 1.54) is 17.7 Å². The lowest BCUT2D eigenvalue weighted by atomic mass is 9.86. The van der Waals surface area contributed by atoms with Crippen molar-refractivity contribution in [3.63, 3.8) is 0 Å². The van der Waals surface area contributed by atoms with Gasteiger partial charge < -0.3 is 14.2 Å². The molecule has 2 aliphatic heterocycles. The molecule has 156 valence electrons. The van der Waals surface area contributed by atoms with Gasteiger partial charge in [-0.2, -0.15) is 0 Å². The van der Waals surface area contributed by atoms with Crippen molar-refractivity contribution in [2.75, 3.05) is 26.7 Å². The van der Waals surface area contributed by atoms with E-state index in [0.717, 1.165) is 51.1 Å². The number of hydrogen-bond acceptors (Lipinski definition) is 4. The van der Waals surface area contributed by atoms with Gasteiger partial charge in [0, 0.05) is 46.0 Å². The Kier molecular flexibility index (Phi) is 6.19. The van der Waals surface area contributed by atoms with Crippen LogP contribution >= 0.6 is 0 Å². The Labute approximate surface area is 173 Å². The van der Waals surface area contributed by atoms with Crippen LogP contribution < -0.4 is 4.74 Å². The molecule has 0 spiro atoms. The Morgan fingerprint density at radius 1 is 1.17 bits per heavy atom. The lowest BCUT2D eigenvalue weighted by molar-refractivity contribution is -0.136. The number of imidazole rings is 1. The molecule has 1 aromatic carbocycles. The van der Waals surface area contributed by atoms with E-state index >= 15 is 0 Å². The number of piperidine rings is 1. The van der Waals surface area contributed by atoms with E-state index in [2.05, 4.69) is 33.6 Å². The van der Waals surface area contributed by atoms with Crippen molar-refractivity contribution in [3.8, 4) is 5.75 Å². The zero-order valence-corrected chi connectivity index (χ0v) is 17.6. The van der Waals surface area contributed by atoms with Crippen LogP contribution in [0.1, 0.15) is 36.9 Å². The molecule has 0 N–H and O–H groups in total. The molecule has 0 bridgehead atoms. The number of likely N-dealkylation sites (N-methyl/N-ethyl adjacent to an activating group) is 1. The molecule has 0 aliphatic carbocycles. The summed E-state index contributed by atoms with van der Waals surface area (Å²) in [6, 6.07) is 8.42. The first-order valence-corrected chi connectivity index (χ1v) is 10.8. The normalized spacial score (nSPS) is 24.1. The number of amides is 1. The summed E-state index contributed by atoms with van der Waals surface area (Å²) in [5.41, 5.74) is 2.45. The Morgan fingerprint density at radius 2 is 2.03 bits per heavy atom. The predicted octanol–water partition coefficient (Wildman–Crippen LogP) is 2.87. The number of nitrogens with zero attached hydrogens (tertiary/aromatic N) is 4. The third-order valence-corrected chi connectivity index (χ3v) is 6.57. The number of hydrogen-bond donors (Lipinski definition) is 0. The SMILES string of the molecule is CN1C(=O)COc2ccccc2CCCC[C@H]2CN(Cc3cncn3C)CC[C@H]21. The highest BCUT2D eigenvalue weighted by atomic mass is 16.5. The molecule has 0 unspecified atom stereocenters. The first-order valence-electron chi connectivity index (χ1n) is 10.8. The molecule has 1 saturated heterocycles. The molecule has 0 radical (unpaired) electrons. The van der Waals surface area contributed by atoms with E-state index in [1.807, 2.05) is 36.6 Å². The largest absolute Gasteiger partial charge is 0.483 e. The number of para-hydroxylation sites is 1. The monoisotopic (exact) mass is 396 g/mol. The number of rotatable bonds is 2. The number of aryl methyl sites for hydroxylation is 2. The molecule has 0 saturated carbocycles. The summed E-state index contributed by atoms with van der Waals surface area (Å²) < 4.78 is 8.01. The van der Waals surface area contributed by atoms with Crippen molar-refractivity contribution in [3.05, 3.63) is 48.0 Å².